The Kier molecular flexibility index (Phi) is 8.15. The van der Waals surface area contributed by atoms with Crippen molar-refractivity contribution in [2.75, 3.05) is 13.2 Å². The van der Waals surface area contributed by atoms with E-state index in [1.165, 1.54) is 0 Å². The molecule has 0 aliphatic heterocycles. The van der Waals surface area contributed by atoms with Crippen LogP contribution in [-0.2, 0) is 29.0 Å². The third kappa shape index (κ3) is 13.5. The highest BCUT2D eigenvalue weighted by Gasteiger charge is 2.32. The Morgan fingerprint density at radius 2 is 0.917 bits per heavy atom. The molecule has 7 heteroatoms. The van der Waals surface area contributed by atoms with Crippen LogP contribution in [0.3, 0.4) is 0 Å². The number of carbonyl (C=O) groups is 1. The van der Waals surface area contributed by atoms with Crippen molar-refractivity contribution in [1.82, 2.24) is 0 Å². The van der Waals surface area contributed by atoms with Gasteiger partial charge in [-0.25, -0.2) is 14.6 Å². The topological polar surface area (TPSA) is 72.5 Å². The van der Waals surface area contributed by atoms with E-state index in [4.69, 9.17) is 29.0 Å². The first-order chi connectivity index (χ1) is 10.5. The molecule has 0 amide bonds. The monoisotopic (exact) mass is 350 g/mol. The van der Waals surface area contributed by atoms with Gasteiger partial charge >= 0.3 is 6.16 Å². The van der Waals surface area contributed by atoms with E-state index >= 15 is 0 Å². The molecule has 0 radical (unpaired) electrons. The molecule has 24 heavy (non-hydrogen) atoms. The Hall–Kier alpha value is -0.890. The predicted molar refractivity (Wildman–Crippen MR) is 88.7 cm³/mol. The summed E-state index contributed by atoms with van der Waals surface area (Å²) in [6, 6.07) is 0. The van der Waals surface area contributed by atoms with Crippen molar-refractivity contribution in [2.24, 2.45) is 10.8 Å². The SMILES string of the molecule is CC(C)(C)COOC(C)(C)OC(=O)OC(C)(C)OOCC(C)(C)C. The van der Waals surface area contributed by atoms with Crippen LogP contribution in [0.2, 0.25) is 0 Å². The first kappa shape index (κ1) is 23.1. The van der Waals surface area contributed by atoms with E-state index in [1.807, 2.05) is 41.5 Å². The van der Waals surface area contributed by atoms with Crippen molar-refractivity contribution in [2.45, 2.75) is 80.8 Å². The molecule has 0 aliphatic carbocycles. The van der Waals surface area contributed by atoms with Gasteiger partial charge in [-0.2, -0.15) is 9.78 Å². The minimum Gasteiger partial charge on any atom is -0.399 e. The molecular formula is C17H34O7. The Bertz CT molecular complexity index is 353. The number of hydrogen-bond donors (Lipinski definition) is 0. The molecule has 0 heterocycles. The molecule has 0 rings (SSSR count). The van der Waals surface area contributed by atoms with Gasteiger partial charge in [-0.3, -0.25) is 0 Å². The van der Waals surface area contributed by atoms with Crippen LogP contribution < -0.4 is 0 Å². The summed E-state index contributed by atoms with van der Waals surface area (Å²) >= 11 is 0. The fourth-order valence-electron chi connectivity index (χ4n) is 1.15. The fourth-order valence-corrected chi connectivity index (χ4v) is 1.15. The number of ether oxygens (including phenoxy) is 2. The Morgan fingerprint density at radius 3 is 1.17 bits per heavy atom. The average Bonchev–Trinajstić information content (AvgIpc) is 2.21. The van der Waals surface area contributed by atoms with E-state index in [-0.39, 0.29) is 10.8 Å². The molecule has 0 unspecified atom stereocenters. The molecule has 0 aromatic rings. The normalized spacial score (nSPS) is 13.8. The third-order valence-electron chi connectivity index (χ3n) is 2.16. The largest absolute Gasteiger partial charge is 0.513 e. The maximum atomic E-state index is 11.9. The summed E-state index contributed by atoms with van der Waals surface area (Å²) in [5, 5.41) is 0. The molecule has 7 nitrogen and oxygen atoms in total. The maximum Gasteiger partial charge on any atom is 0.513 e. The zero-order chi connectivity index (χ0) is 19.2. The van der Waals surface area contributed by atoms with Crippen LogP contribution >= 0.6 is 0 Å². The number of rotatable bonds is 8. The van der Waals surface area contributed by atoms with Crippen LogP contribution in [-0.4, -0.2) is 30.9 Å². The van der Waals surface area contributed by atoms with Crippen molar-refractivity contribution in [3.63, 3.8) is 0 Å². The van der Waals surface area contributed by atoms with Crippen LogP contribution in [0.25, 0.3) is 0 Å². The third-order valence-corrected chi connectivity index (χ3v) is 2.16. The van der Waals surface area contributed by atoms with Crippen LogP contribution in [0, 0.1) is 10.8 Å². The lowest BCUT2D eigenvalue weighted by atomic mass is 9.99. The van der Waals surface area contributed by atoms with E-state index < -0.39 is 17.7 Å². The Morgan fingerprint density at radius 1 is 0.625 bits per heavy atom. The second-order valence-electron chi connectivity index (χ2n) is 9.07. The fraction of sp³-hybridized carbons (Fsp3) is 0.941. The van der Waals surface area contributed by atoms with Crippen molar-refractivity contribution in [3.05, 3.63) is 0 Å². The Labute approximate surface area is 145 Å². The van der Waals surface area contributed by atoms with Gasteiger partial charge in [0.1, 0.15) is 0 Å². The predicted octanol–water partition coefficient (Wildman–Crippen LogP) is 4.60. The van der Waals surface area contributed by atoms with Gasteiger partial charge in [0.05, 0.1) is 13.2 Å². The quantitative estimate of drug-likeness (QED) is 0.274. The van der Waals surface area contributed by atoms with Crippen molar-refractivity contribution < 1.29 is 33.8 Å². The molecule has 0 spiro atoms. The summed E-state index contributed by atoms with van der Waals surface area (Å²) in [7, 11) is 0. The van der Waals surface area contributed by atoms with Crippen LogP contribution in [0.15, 0.2) is 0 Å². The van der Waals surface area contributed by atoms with Crippen molar-refractivity contribution in [3.8, 4) is 0 Å². The molecular weight excluding hydrogens is 316 g/mol. The molecule has 0 fully saturated rings. The van der Waals surface area contributed by atoms with Crippen molar-refractivity contribution in [1.29, 1.82) is 0 Å². The molecule has 0 atom stereocenters. The average molecular weight is 350 g/mol. The maximum absolute atomic E-state index is 11.9. The molecule has 0 aliphatic rings. The van der Waals surface area contributed by atoms with E-state index in [0.29, 0.717) is 13.2 Å². The summed E-state index contributed by atoms with van der Waals surface area (Å²) in [5.74, 6) is -2.60. The van der Waals surface area contributed by atoms with Gasteiger partial charge < -0.3 is 9.47 Å². The molecule has 0 N–H and O–H groups in total. The second-order valence-corrected chi connectivity index (χ2v) is 9.07. The van der Waals surface area contributed by atoms with Gasteiger partial charge in [0.15, 0.2) is 0 Å². The smallest absolute Gasteiger partial charge is 0.399 e. The first-order valence-electron chi connectivity index (χ1n) is 8.05. The minimum atomic E-state index is -1.30. The lowest BCUT2D eigenvalue weighted by Gasteiger charge is -2.29. The highest BCUT2D eigenvalue weighted by molar-refractivity contribution is 5.60. The van der Waals surface area contributed by atoms with Gasteiger partial charge in [0.25, 0.3) is 0 Å². The summed E-state index contributed by atoms with van der Waals surface area (Å²) in [5.41, 5.74) is -0.145. The minimum absolute atomic E-state index is 0.0726. The second kappa shape index (κ2) is 8.47. The molecule has 0 aromatic carbocycles. The van der Waals surface area contributed by atoms with Gasteiger partial charge in [0, 0.05) is 27.7 Å². The molecule has 144 valence electrons. The van der Waals surface area contributed by atoms with Gasteiger partial charge in [-0.1, -0.05) is 41.5 Å². The number of hydrogen-bond acceptors (Lipinski definition) is 7. The highest BCUT2D eigenvalue weighted by atomic mass is 17.2. The van der Waals surface area contributed by atoms with Gasteiger partial charge in [0.2, 0.25) is 11.6 Å². The van der Waals surface area contributed by atoms with Crippen molar-refractivity contribution >= 4 is 6.16 Å². The zero-order valence-corrected chi connectivity index (χ0v) is 16.8. The van der Waals surface area contributed by atoms with E-state index in [1.54, 1.807) is 27.7 Å². The van der Waals surface area contributed by atoms with Gasteiger partial charge in [-0.05, 0) is 10.8 Å². The van der Waals surface area contributed by atoms with Gasteiger partial charge in [-0.15, -0.1) is 0 Å². The standard InChI is InChI=1S/C17H34O7/c1-14(2,3)11-19-23-16(7,8)21-13(18)22-17(9,10)24-20-12-15(4,5)6/h11-12H2,1-10H3. The van der Waals surface area contributed by atoms with Crippen LogP contribution in [0.5, 0.6) is 0 Å². The lowest BCUT2D eigenvalue weighted by Crippen LogP contribution is -2.38. The van der Waals surface area contributed by atoms with E-state index in [9.17, 15) is 4.79 Å². The highest BCUT2D eigenvalue weighted by Crippen LogP contribution is 2.21. The summed E-state index contributed by atoms with van der Waals surface area (Å²) in [6.07, 6.45) is -0.955. The summed E-state index contributed by atoms with van der Waals surface area (Å²) < 4.78 is 10.2. The molecule has 0 saturated heterocycles. The van der Waals surface area contributed by atoms with Crippen LogP contribution in [0.1, 0.15) is 69.2 Å². The summed E-state index contributed by atoms with van der Waals surface area (Å²) in [6.45, 7) is 18.8. The first-order valence-corrected chi connectivity index (χ1v) is 8.05. The number of carbonyl (C=O) groups excluding carboxylic acids is 1. The lowest BCUT2D eigenvalue weighted by molar-refractivity contribution is -0.429. The van der Waals surface area contributed by atoms with Crippen LogP contribution in [0.4, 0.5) is 4.79 Å². The Balaban J connectivity index is 4.29. The molecule has 0 saturated carbocycles. The zero-order valence-electron chi connectivity index (χ0n) is 16.8. The summed E-state index contributed by atoms with van der Waals surface area (Å²) in [4.78, 5) is 32.3. The molecule has 0 aromatic heterocycles. The van der Waals surface area contributed by atoms with E-state index in [2.05, 4.69) is 0 Å². The molecule has 0 bridgehead atoms. The van der Waals surface area contributed by atoms with E-state index in [0.717, 1.165) is 0 Å².